The second-order valence-electron chi connectivity index (χ2n) is 5.95. The van der Waals surface area contributed by atoms with E-state index in [0.717, 1.165) is 19.3 Å². The fourth-order valence-corrected chi connectivity index (χ4v) is 2.56. The molecule has 0 N–H and O–H groups in total. The van der Waals surface area contributed by atoms with Crippen LogP contribution in [0.1, 0.15) is 84.5 Å². The minimum atomic E-state index is 0.501. The maximum absolute atomic E-state index is 5.64. The van der Waals surface area contributed by atoms with Gasteiger partial charge in [-0.1, -0.05) is 76.7 Å². The largest absolute Gasteiger partial charge is 0.369 e. The Kier molecular flexibility index (Phi) is 10.7. The summed E-state index contributed by atoms with van der Waals surface area (Å²) in [6.45, 7) is 4.45. The Hall–Kier alpha value is -0.560. The van der Waals surface area contributed by atoms with Crippen LogP contribution in [0, 0.1) is 0 Å². The molecule has 0 aliphatic carbocycles. The Labute approximate surface area is 126 Å². The lowest BCUT2D eigenvalue weighted by atomic mass is 10.1. The summed E-state index contributed by atoms with van der Waals surface area (Å²) in [5, 5.41) is 0. The van der Waals surface area contributed by atoms with E-state index < -0.39 is 0 Å². The molecule has 0 unspecified atom stereocenters. The summed E-state index contributed by atoms with van der Waals surface area (Å²) in [5.74, 6) is 0. The average molecular weight is 278 g/mol. The number of hydrogen-bond donors (Lipinski definition) is 0. The smallest absolute Gasteiger partial charge is 0.0879 e. The van der Waals surface area contributed by atoms with Gasteiger partial charge in [-0.05, 0) is 32.1 Å². The van der Waals surface area contributed by atoms with Crippen molar-refractivity contribution in [3.8, 4) is 0 Å². The lowest BCUT2D eigenvalue weighted by molar-refractivity contribution is 0.372. The van der Waals surface area contributed by atoms with Crippen LogP contribution in [-0.4, -0.2) is 12.2 Å². The van der Waals surface area contributed by atoms with Crippen molar-refractivity contribution in [2.45, 2.75) is 96.7 Å². The molecule has 0 bridgehead atoms. The third-order valence-electron chi connectivity index (χ3n) is 3.97. The van der Waals surface area contributed by atoms with Crippen molar-refractivity contribution >= 4 is 0 Å². The van der Waals surface area contributed by atoms with Crippen molar-refractivity contribution in [1.82, 2.24) is 0 Å². The Morgan fingerprint density at radius 2 is 1.30 bits per heavy atom. The maximum atomic E-state index is 5.64. The van der Waals surface area contributed by atoms with E-state index in [1.54, 1.807) is 0 Å². The number of epoxide rings is 1. The van der Waals surface area contributed by atoms with Gasteiger partial charge in [-0.15, -0.1) is 0 Å². The summed E-state index contributed by atoms with van der Waals surface area (Å²) in [6, 6.07) is 0. The van der Waals surface area contributed by atoms with Crippen LogP contribution in [0.5, 0.6) is 0 Å². The van der Waals surface area contributed by atoms with E-state index in [-0.39, 0.29) is 0 Å². The molecule has 1 aliphatic rings. The second kappa shape index (κ2) is 12.2. The Morgan fingerprint density at radius 1 is 0.700 bits per heavy atom. The van der Waals surface area contributed by atoms with Gasteiger partial charge in [-0.25, -0.2) is 0 Å². The number of hydrogen-bond acceptors (Lipinski definition) is 1. The maximum Gasteiger partial charge on any atom is 0.0879 e. The summed E-state index contributed by atoms with van der Waals surface area (Å²) < 4.78 is 5.64. The van der Waals surface area contributed by atoms with Crippen LogP contribution in [0.2, 0.25) is 0 Å². The molecule has 116 valence electrons. The molecule has 1 aliphatic heterocycles. The first-order chi connectivity index (χ1) is 9.88. The van der Waals surface area contributed by atoms with Gasteiger partial charge in [0.1, 0.15) is 0 Å². The minimum absolute atomic E-state index is 0.501. The van der Waals surface area contributed by atoms with Gasteiger partial charge in [0, 0.05) is 0 Å². The highest BCUT2D eigenvalue weighted by Crippen LogP contribution is 2.29. The van der Waals surface area contributed by atoms with Crippen molar-refractivity contribution < 1.29 is 4.74 Å². The molecule has 0 saturated carbocycles. The molecule has 1 fully saturated rings. The summed E-state index contributed by atoms with van der Waals surface area (Å²) >= 11 is 0. The van der Waals surface area contributed by atoms with Crippen molar-refractivity contribution in [2.75, 3.05) is 0 Å². The zero-order valence-electron chi connectivity index (χ0n) is 13.7. The van der Waals surface area contributed by atoms with Crippen LogP contribution < -0.4 is 0 Å². The van der Waals surface area contributed by atoms with Gasteiger partial charge in [-0.2, -0.15) is 0 Å². The number of allylic oxidation sites excluding steroid dienone is 2. The summed E-state index contributed by atoms with van der Waals surface area (Å²) in [7, 11) is 0. The Bertz CT molecular complexity index is 267. The van der Waals surface area contributed by atoms with Crippen LogP contribution in [0.15, 0.2) is 24.3 Å². The predicted molar refractivity (Wildman–Crippen MR) is 89.1 cm³/mol. The van der Waals surface area contributed by atoms with Gasteiger partial charge < -0.3 is 4.74 Å². The van der Waals surface area contributed by atoms with E-state index in [1.165, 1.54) is 51.4 Å². The normalized spacial score (nSPS) is 22.1. The lowest BCUT2D eigenvalue weighted by Crippen LogP contribution is -1.90. The molecular formula is C19H34O. The van der Waals surface area contributed by atoms with Gasteiger partial charge in [0.15, 0.2) is 0 Å². The van der Waals surface area contributed by atoms with Crippen LogP contribution in [-0.2, 0) is 4.74 Å². The van der Waals surface area contributed by atoms with Gasteiger partial charge in [-0.3, -0.25) is 0 Å². The first-order valence-corrected chi connectivity index (χ1v) is 8.84. The summed E-state index contributed by atoms with van der Waals surface area (Å²) in [6.07, 6.45) is 24.6. The van der Waals surface area contributed by atoms with Gasteiger partial charge in [0.2, 0.25) is 0 Å². The van der Waals surface area contributed by atoms with Crippen molar-refractivity contribution in [3.63, 3.8) is 0 Å². The highest BCUT2D eigenvalue weighted by Gasteiger charge is 2.35. The quantitative estimate of drug-likeness (QED) is 0.222. The highest BCUT2D eigenvalue weighted by molar-refractivity contribution is 4.97. The zero-order chi connectivity index (χ0) is 14.5. The molecule has 1 rings (SSSR count). The molecule has 0 aromatic carbocycles. The standard InChI is InChI=1S/C19H34O/c1-3-5-7-8-9-10-11-12-13-15-17-19-18(20-19)16-14-6-4-2/h6,13-15,18-19H,3-5,7-12,16-17H2,1-2H3/b14-6-,15-13-/t18-,19-/m1/s1. The van der Waals surface area contributed by atoms with Gasteiger partial charge in [0.25, 0.3) is 0 Å². The minimum Gasteiger partial charge on any atom is -0.369 e. The van der Waals surface area contributed by atoms with E-state index in [9.17, 15) is 0 Å². The third-order valence-corrected chi connectivity index (χ3v) is 3.97. The molecule has 1 saturated heterocycles. The highest BCUT2D eigenvalue weighted by atomic mass is 16.6. The van der Waals surface area contributed by atoms with Gasteiger partial charge >= 0.3 is 0 Å². The summed E-state index contributed by atoms with van der Waals surface area (Å²) in [4.78, 5) is 0. The van der Waals surface area contributed by atoms with Crippen LogP contribution in [0.3, 0.4) is 0 Å². The average Bonchev–Trinajstić information content (AvgIpc) is 3.20. The molecule has 0 spiro atoms. The second-order valence-corrected chi connectivity index (χ2v) is 5.95. The van der Waals surface area contributed by atoms with Crippen LogP contribution >= 0.6 is 0 Å². The number of unbranched alkanes of at least 4 members (excludes halogenated alkanes) is 7. The molecule has 0 aromatic rings. The molecule has 1 heteroatoms. The number of ether oxygens (including phenoxy) is 1. The lowest BCUT2D eigenvalue weighted by Gasteiger charge is -1.98. The SMILES string of the molecule is CC/C=C\C[C@H]1O[C@@H]1C/C=C\CCCCCCCCC. The topological polar surface area (TPSA) is 12.5 Å². The van der Waals surface area contributed by atoms with Crippen molar-refractivity contribution in [1.29, 1.82) is 0 Å². The van der Waals surface area contributed by atoms with E-state index in [4.69, 9.17) is 4.74 Å². The van der Waals surface area contributed by atoms with E-state index in [1.807, 2.05) is 0 Å². The molecule has 0 aromatic heterocycles. The fraction of sp³-hybridized carbons (Fsp3) is 0.789. The van der Waals surface area contributed by atoms with Crippen molar-refractivity contribution in [2.24, 2.45) is 0 Å². The molecule has 0 radical (unpaired) electrons. The predicted octanol–water partition coefficient (Wildman–Crippen LogP) is 6.20. The Balaban J connectivity index is 1.83. The third kappa shape index (κ3) is 9.36. The molecule has 1 heterocycles. The van der Waals surface area contributed by atoms with E-state index >= 15 is 0 Å². The first-order valence-electron chi connectivity index (χ1n) is 8.84. The molecule has 2 atom stereocenters. The van der Waals surface area contributed by atoms with Gasteiger partial charge in [0.05, 0.1) is 12.2 Å². The van der Waals surface area contributed by atoms with E-state index in [0.29, 0.717) is 12.2 Å². The molecule has 0 amide bonds. The summed E-state index contributed by atoms with van der Waals surface area (Å²) in [5.41, 5.74) is 0. The first kappa shape index (κ1) is 17.5. The van der Waals surface area contributed by atoms with Crippen LogP contribution in [0.4, 0.5) is 0 Å². The van der Waals surface area contributed by atoms with Crippen molar-refractivity contribution in [3.05, 3.63) is 24.3 Å². The fourth-order valence-electron chi connectivity index (χ4n) is 2.56. The monoisotopic (exact) mass is 278 g/mol. The number of rotatable bonds is 13. The molecule has 20 heavy (non-hydrogen) atoms. The molecular weight excluding hydrogens is 244 g/mol. The Morgan fingerprint density at radius 3 is 1.95 bits per heavy atom. The molecule has 1 nitrogen and oxygen atoms in total. The van der Waals surface area contributed by atoms with Crippen LogP contribution in [0.25, 0.3) is 0 Å². The zero-order valence-corrected chi connectivity index (χ0v) is 13.7. The van der Waals surface area contributed by atoms with E-state index in [2.05, 4.69) is 38.2 Å².